The van der Waals surface area contributed by atoms with Gasteiger partial charge in [-0.3, -0.25) is 9.59 Å². The quantitative estimate of drug-likeness (QED) is 0.150. The van der Waals surface area contributed by atoms with Crippen LogP contribution in [0.4, 0.5) is 0 Å². The smallest absolute Gasteiger partial charge is 0.366 e. The van der Waals surface area contributed by atoms with E-state index in [0.29, 0.717) is 11.1 Å². The molecule has 2 bridgehead atoms. The highest BCUT2D eigenvalue weighted by molar-refractivity contribution is 5.88. The van der Waals surface area contributed by atoms with Crippen molar-refractivity contribution in [2.24, 2.45) is 34.0 Å². The van der Waals surface area contributed by atoms with Crippen molar-refractivity contribution < 1.29 is 72.4 Å². The fourth-order valence-electron chi connectivity index (χ4n) is 11.0. The topological polar surface area (TPSA) is 203 Å². The van der Waals surface area contributed by atoms with Gasteiger partial charge in [0.25, 0.3) is 5.79 Å². The first-order valence-electron chi connectivity index (χ1n) is 16.8. The van der Waals surface area contributed by atoms with Gasteiger partial charge in [0.2, 0.25) is 6.29 Å². The van der Waals surface area contributed by atoms with Crippen molar-refractivity contribution in [2.45, 2.75) is 95.7 Å². The van der Waals surface area contributed by atoms with Gasteiger partial charge in [-0.1, -0.05) is 18.6 Å². The summed E-state index contributed by atoms with van der Waals surface area (Å²) in [5, 5.41) is 37.1. The summed E-state index contributed by atoms with van der Waals surface area (Å²) in [5.41, 5.74) is -5.34. The van der Waals surface area contributed by atoms with Crippen LogP contribution in [0.15, 0.2) is 35.1 Å². The number of fused-ring (bicyclic) bond motifs is 4. The second kappa shape index (κ2) is 11.3. The van der Waals surface area contributed by atoms with Crippen LogP contribution in [-0.4, -0.2) is 115 Å². The third-order valence-corrected chi connectivity index (χ3v) is 13.0. The van der Waals surface area contributed by atoms with Gasteiger partial charge in [0.15, 0.2) is 5.60 Å². The highest BCUT2D eigenvalue weighted by Gasteiger charge is 2.87. The average molecular weight is 705 g/mol. The molecule has 50 heavy (non-hydrogen) atoms. The predicted molar refractivity (Wildman–Crippen MR) is 165 cm³/mol. The summed E-state index contributed by atoms with van der Waals surface area (Å²) >= 11 is 0. The molecule has 7 aliphatic rings. The van der Waals surface area contributed by atoms with Gasteiger partial charge in [0.1, 0.15) is 17.6 Å². The fraction of sp³-hybridized carbons (Fsp3) is 0.714. The summed E-state index contributed by atoms with van der Waals surface area (Å²) in [5.74, 6) is -9.47. The minimum atomic E-state index is -2.78. The average Bonchev–Trinajstić information content (AvgIpc) is 3.83. The lowest BCUT2D eigenvalue weighted by Gasteiger charge is -2.65. The normalized spacial score (nSPS) is 48.3. The number of hydrogen-bond acceptors (Lipinski definition) is 15. The summed E-state index contributed by atoms with van der Waals surface area (Å²) in [4.78, 5) is 54.1. The van der Waals surface area contributed by atoms with Crippen molar-refractivity contribution in [3.63, 3.8) is 0 Å². The molecule has 274 valence electrons. The number of carbonyl (C=O) groups is 4. The first-order chi connectivity index (χ1) is 23.5. The predicted octanol–water partition coefficient (Wildman–Crippen LogP) is 0.586. The Hall–Kier alpha value is -3.34. The van der Waals surface area contributed by atoms with Gasteiger partial charge in [-0.15, -0.1) is 0 Å². The summed E-state index contributed by atoms with van der Waals surface area (Å²) in [6.45, 7) is 6.98. The van der Waals surface area contributed by atoms with E-state index in [1.165, 1.54) is 26.4 Å². The van der Waals surface area contributed by atoms with Crippen molar-refractivity contribution >= 4 is 23.9 Å². The molecule has 0 aromatic rings. The van der Waals surface area contributed by atoms with E-state index >= 15 is 0 Å². The third-order valence-electron chi connectivity index (χ3n) is 13.0. The van der Waals surface area contributed by atoms with Gasteiger partial charge in [0, 0.05) is 47.5 Å². The molecular weight excluding hydrogens is 660 g/mol. The first kappa shape index (κ1) is 35.1. The van der Waals surface area contributed by atoms with Gasteiger partial charge >= 0.3 is 23.9 Å². The van der Waals surface area contributed by atoms with Crippen molar-refractivity contribution in [1.82, 2.24) is 0 Å². The lowest BCUT2D eigenvalue weighted by molar-refractivity contribution is -0.283. The van der Waals surface area contributed by atoms with Crippen LogP contribution < -0.4 is 0 Å². The lowest BCUT2D eigenvalue weighted by Crippen LogP contribution is -2.76. The van der Waals surface area contributed by atoms with Crippen LogP contribution >= 0.6 is 0 Å². The Morgan fingerprint density at radius 1 is 1.00 bits per heavy atom. The molecule has 1 spiro atoms. The lowest BCUT2D eigenvalue weighted by atomic mass is 9.38. The molecule has 4 aliphatic heterocycles. The standard InChI is InChI=1S/C35H44O15/c1-8-15(2)26(38)50-20-12-21(48-17(4)36)33(28(39)43-6)13-46-23-24(33)32(20)14-47-35(42,29(40)44-7)27(32)31(5,25(23)37)22-16(3)18-11-19(22)49-30-34(18,41)9-10-45-30/h8-10,18-21,23-25,27,30,37,41-42H,11-14H2,1-7H3. The molecule has 5 fully saturated rings. The molecular formula is C35H44O15. The molecule has 15 heteroatoms. The molecule has 0 amide bonds. The molecule has 14 unspecified atom stereocenters. The number of hydrogen-bond donors (Lipinski definition) is 3. The van der Waals surface area contributed by atoms with Crippen LogP contribution in [0.1, 0.15) is 47.5 Å². The monoisotopic (exact) mass is 704 g/mol. The molecule has 14 atom stereocenters. The molecule has 4 heterocycles. The maximum Gasteiger partial charge on any atom is 0.366 e. The second-order valence-corrected chi connectivity index (χ2v) is 14.9. The number of aliphatic hydroxyl groups excluding tert-OH is 1. The van der Waals surface area contributed by atoms with Crippen molar-refractivity contribution in [1.29, 1.82) is 0 Å². The van der Waals surface area contributed by atoms with Gasteiger partial charge < -0.3 is 53.2 Å². The summed E-state index contributed by atoms with van der Waals surface area (Å²) in [6.07, 6.45) is -2.73. The Kier molecular flexibility index (Phi) is 7.95. The number of aliphatic hydroxyl groups is 3. The van der Waals surface area contributed by atoms with E-state index in [0.717, 1.165) is 7.11 Å². The molecule has 0 aromatic carbocycles. The molecule has 0 aromatic heterocycles. The van der Waals surface area contributed by atoms with Crippen molar-refractivity contribution in [3.05, 3.63) is 35.1 Å². The Morgan fingerprint density at radius 2 is 1.70 bits per heavy atom. The Labute approximate surface area is 288 Å². The van der Waals surface area contributed by atoms with E-state index in [1.54, 1.807) is 33.8 Å². The molecule has 3 N–H and O–H groups in total. The van der Waals surface area contributed by atoms with Crippen molar-refractivity contribution in [2.75, 3.05) is 27.4 Å². The summed E-state index contributed by atoms with van der Waals surface area (Å²) in [6, 6.07) is 0. The molecule has 0 radical (unpaired) electrons. The summed E-state index contributed by atoms with van der Waals surface area (Å²) < 4.78 is 47.0. The number of esters is 4. The molecule has 3 saturated heterocycles. The van der Waals surface area contributed by atoms with E-state index in [-0.39, 0.29) is 25.0 Å². The van der Waals surface area contributed by atoms with E-state index in [9.17, 15) is 34.5 Å². The molecule has 15 nitrogen and oxygen atoms in total. The van der Waals surface area contributed by atoms with Crippen LogP contribution in [0, 0.1) is 34.0 Å². The van der Waals surface area contributed by atoms with E-state index in [2.05, 4.69) is 0 Å². The second-order valence-electron chi connectivity index (χ2n) is 14.9. The minimum Gasteiger partial charge on any atom is -0.469 e. The molecule has 3 aliphatic carbocycles. The van der Waals surface area contributed by atoms with Crippen LogP contribution in [0.3, 0.4) is 0 Å². The zero-order chi connectivity index (χ0) is 36.3. The largest absolute Gasteiger partial charge is 0.469 e. The van der Waals surface area contributed by atoms with E-state index in [1.807, 2.05) is 0 Å². The highest BCUT2D eigenvalue weighted by Crippen LogP contribution is 2.75. The first-order valence-corrected chi connectivity index (χ1v) is 16.8. The third kappa shape index (κ3) is 4.07. The minimum absolute atomic E-state index is 0.246. The van der Waals surface area contributed by atoms with Crippen LogP contribution in [0.2, 0.25) is 0 Å². The number of carbonyl (C=O) groups excluding carboxylic acids is 4. The molecule has 7 rings (SSSR count). The zero-order valence-electron chi connectivity index (χ0n) is 29.0. The van der Waals surface area contributed by atoms with E-state index in [4.69, 9.17) is 37.9 Å². The summed E-state index contributed by atoms with van der Waals surface area (Å²) in [7, 11) is 2.25. The maximum atomic E-state index is 14.1. The highest BCUT2D eigenvalue weighted by atomic mass is 16.7. The SMILES string of the molecule is CC=C(C)C(=O)OC1CC(OC(C)=O)C2(C(=O)OC)COC3C(O)C(C)(C4=C(C)C5CC4OC4OC=CC45O)C4C(O)(C(=O)OC)OCC14C32. The number of methoxy groups -OCH3 is 2. The Bertz CT molecular complexity index is 1620. The van der Waals surface area contributed by atoms with Gasteiger partial charge in [0.05, 0.1) is 52.0 Å². The van der Waals surface area contributed by atoms with E-state index < -0.39 is 113 Å². The van der Waals surface area contributed by atoms with Crippen LogP contribution in [0.25, 0.3) is 0 Å². The van der Waals surface area contributed by atoms with Crippen LogP contribution in [-0.2, 0) is 57.1 Å². The van der Waals surface area contributed by atoms with Crippen molar-refractivity contribution in [3.8, 4) is 0 Å². The van der Waals surface area contributed by atoms with Crippen LogP contribution in [0.5, 0.6) is 0 Å². The Balaban J connectivity index is 1.52. The maximum absolute atomic E-state index is 14.1. The van der Waals surface area contributed by atoms with Gasteiger partial charge in [-0.2, -0.15) is 0 Å². The van der Waals surface area contributed by atoms with Gasteiger partial charge in [-0.25, -0.2) is 9.59 Å². The zero-order valence-corrected chi connectivity index (χ0v) is 29.0. The Morgan fingerprint density at radius 3 is 2.34 bits per heavy atom. The number of ether oxygens (including phenoxy) is 8. The number of allylic oxidation sites excluding steroid dienone is 1. The van der Waals surface area contributed by atoms with Gasteiger partial charge in [-0.05, 0) is 38.8 Å². The fourth-order valence-corrected chi connectivity index (χ4v) is 11.0. The molecule has 2 saturated carbocycles. The number of rotatable bonds is 6.